The molecule has 98 valence electrons. The summed E-state index contributed by atoms with van der Waals surface area (Å²) in [7, 11) is 0. The van der Waals surface area contributed by atoms with E-state index in [-0.39, 0.29) is 11.9 Å². The fourth-order valence-electron chi connectivity index (χ4n) is 2.11. The molecule has 1 aliphatic heterocycles. The van der Waals surface area contributed by atoms with Crippen LogP contribution in [0, 0.1) is 0 Å². The van der Waals surface area contributed by atoms with E-state index in [1.54, 1.807) is 6.07 Å². The van der Waals surface area contributed by atoms with Gasteiger partial charge in [-0.2, -0.15) is 0 Å². The Balaban J connectivity index is 2.16. The zero-order valence-corrected chi connectivity index (χ0v) is 11.3. The highest BCUT2D eigenvalue weighted by molar-refractivity contribution is 6.42. The van der Waals surface area contributed by atoms with Crippen molar-refractivity contribution in [3.8, 4) is 0 Å². The van der Waals surface area contributed by atoms with E-state index < -0.39 is 0 Å². The van der Waals surface area contributed by atoms with Crippen molar-refractivity contribution in [1.82, 2.24) is 10.2 Å². The number of benzene rings is 1. The van der Waals surface area contributed by atoms with E-state index in [0.717, 1.165) is 18.7 Å². The van der Waals surface area contributed by atoms with Crippen molar-refractivity contribution in [3.63, 3.8) is 0 Å². The van der Waals surface area contributed by atoms with Crippen LogP contribution in [0.5, 0.6) is 0 Å². The van der Waals surface area contributed by atoms with Crippen LogP contribution in [0.3, 0.4) is 0 Å². The zero-order chi connectivity index (χ0) is 13.1. The molecule has 1 aromatic carbocycles. The van der Waals surface area contributed by atoms with Gasteiger partial charge in [0, 0.05) is 26.2 Å². The highest BCUT2D eigenvalue weighted by atomic mass is 35.5. The highest BCUT2D eigenvalue weighted by Crippen LogP contribution is 2.27. The molecule has 0 bridgehead atoms. The Morgan fingerprint density at radius 2 is 2.28 bits per heavy atom. The van der Waals surface area contributed by atoms with Crippen molar-refractivity contribution in [3.05, 3.63) is 33.8 Å². The number of hydrogen-bond acceptors (Lipinski definition) is 3. The standard InChI is InChI=1S/C12H15Cl2N3O/c13-9-3-1-2-8(11(9)14)7-17-5-4-16-6-10(17)12(15)18/h1-3,10,16H,4-7H2,(H2,15,18). The van der Waals surface area contributed by atoms with Gasteiger partial charge in [-0.1, -0.05) is 35.3 Å². The third kappa shape index (κ3) is 2.95. The maximum Gasteiger partial charge on any atom is 0.236 e. The van der Waals surface area contributed by atoms with Crippen molar-refractivity contribution in [2.45, 2.75) is 12.6 Å². The number of amides is 1. The van der Waals surface area contributed by atoms with E-state index in [1.165, 1.54) is 0 Å². The van der Waals surface area contributed by atoms with Crippen LogP contribution in [-0.4, -0.2) is 36.5 Å². The number of halogens is 2. The van der Waals surface area contributed by atoms with E-state index in [9.17, 15) is 4.79 Å². The van der Waals surface area contributed by atoms with Gasteiger partial charge in [0.15, 0.2) is 0 Å². The molecule has 1 amide bonds. The lowest BCUT2D eigenvalue weighted by atomic mass is 10.1. The molecule has 0 spiro atoms. The first-order valence-corrected chi connectivity index (χ1v) is 6.52. The van der Waals surface area contributed by atoms with Gasteiger partial charge in [-0.3, -0.25) is 9.69 Å². The molecule has 0 aliphatic carbocycles. The van der Waals surface area contributed by atoms with Crippen molar-refractivity contribution < 1.29 is 4.79 Å². The first kappa shape index (κ1) is 13.6. The van der Waals surface area contributed by atoms with E-state index in [0.29, 0.717) is 23.1 Å². The third-order valence-electron chi connectivity index (χ3n) is 3.09. The fourth-order valence-corrected chi connectivity index (χ4v) is 2.49. The second-order valence-corrected chi connectivity index (χ2v) is 5.09. The summed E-state index contributed by atoms with van der Waals surface area (Å²) in [5.41, 5.74) is 6.31. The summed E-state index contributed by atoms with van der Waals surface area (Å²) in [6.45, 7) is 2.75. The maximum atomic E-state index is 11.4. The van der Waals surface area contributed by atoms with Crippen LogP contribution >= 0.6 is 23.2 Å². The van der Waals surface area contributed by atoms with Gasteiger partial charge >= 0.3 is 0 Å². The molecule has 1 saturated heterocycles. The predicted molar refractivity (Wildman–Crippen MR) is 72.7 cm³/mol. The third-order valence-corrected chi connectivity index (χ3v) is 3.95. The van der Waals surface area contributed by atoms with Crippen molar-refractivity contribution in [2.24, 2.45) is 5.73 Å². The monoisotopic (exact) mass is 287 g/mol. The van der Waals surface area contributed by atoms with Crippen LogP contribution in [0.25, 0.3) is 0 Å². The summed E-state index contributed by atoms with van der Waals surface area (Å²) in [5, 5.41) is 4.23. The van der Waals surface area contributed by atoms with Gasteiger partial charge < -0.3 is 11.1 Å². The Morgan fingerprint density at radius 3 is 3.00 bits per heavy atom. The van der Waals surface area contributed by atoms with Crippen molar-refractivity contribution in [1.29, 1.82) is 0 Å². The molecule has 1 atom stereocenters. The smallest absolute Gasteiger partial charge is 0.236 e. The molecule has 1 unspecified atom stereocenters. The lowest BCUT2D eigenvalue weighted by molar-refractivity contribution is -0.124. The van der Waals surface area contributed by atoms with Crippen LogP contribution in [0.15, 0.2) is 18.2 Å². The van der Waals surface area contributed by atoms with E-state index in [2.05, 4.69) is 5.32 Å². The Morgan fingerprint density at radius 1 is 1.50 bits per heavy atom. The number of nitrogens with two attached hydrogens (primary N) is 1. The van der Waals surface area contributed by atoms with Gasteiger partial charge in [-0.05, 0) is 11.6 Å². The van der Waals surface area contributed by atoms with Gasteiger partial charge in [0.25, 0.3) is 0 Å². The molecule has 3 N–H and O–H groups in total. The number of primary amides is 1. The summed E-state index contributed by atoms with van der Waals surface area (Å²) in [6, 6.07) is 5.21. The lowest BCUT2D eigenvalue weighted by Gasteiger charge is -2.34. The first-order chi connectivity index (χ1) is 8.59. The summed E-state index contributed by atoms with van der Waals surface area (Å²) < 4.78 is 0. The van der Waals surface area contributed by atoms with Gasteiger partial charge in [0.1, 0.15) is 6.04 Å². The molecule has 18 heavy (non-hydrogen) atoms. The lowest BCUT2D eigenvalue weighted by Crippen LogP contribution is -2.56. The van der Waals surface area contributed by atoms with Crippen LogP contribution in [0.4, 0.5) is 0 Å². The van der Waals surface area contributed by atoms with Crippen LogP contribution in [-0.2, 0) is 11.3 Å². The molecule has 1 heterocycles. The molecule has 0 radical (unpaired) electrons. The molecule has 2 rings (SSSR count). The Hall–Kier alpha value is -0.810. The van der Waals surface area contributed by atoms with Gasteiger partial charge in [0.05, 0.1) is 10.0 Å². The van der Waals surface area contributed by atoms with E-state index in [1.807, 2.05) is 17.0 Å². The summed E-state index contributed by atoms with van der Waals surface area (Å²) in [5.74, 6) is -0.319. The van der Waals surface area contributed by atoms with Crippen LogP contribution < -0.4 is 11.1 Å². The first-order valence-electron chi connectivity index (χ1n) is 5.76. The van der Waals surface area contributed by atoms with Crippen molar-refractivity contribution in [2.75, 3.05) is 19.6 Å². The molecule has 0 aromatic heterocycles. The van der Waals surface area contributed by atoms with Crippen LogP contribution in [0.1, 0.15) is 5.56 Å². The normalized spacial score (nSPS) is 20.9. The fraction of sp³-hybridized carbons (Fsp3) is 0.417. The highest BCUT2D eigenvalue weighted by Gasteiger charge is 2.27. The average Bonchev–Trinajstić information content (AvgIpc) is 2.35. The van der Waals surface area contributed by atoms with Gasteiger partial charge in [0.2, 0.25) is 5.91 Å². The van der Waals surface area contributed by atoms with Crippen molar-refractivity contribution >= 4 is 29.1 Å². The molecule has 4 nitrogen and oxygen atoms in total. The number of hydrogen-bond donors (Lipinski definition) is 2. The Labute approximate surface area is 116 Å². The van der Waals surface area contributed by atoms with Crippen LogP contribution in [0.2, 0.25) is 10.0 Å². The molecule has 1 aromatic rings. The summed E-state index contributed by atoms with van der Waals surface area (Å²) in [6.07, 6.45) is 0. The second kappa shape index (κ2) is 5.89. The second-order valence-electron chi connectivity index (χ2n) is 4.31. The number of piperazine rings is 1. The van der Waals surface area contributed by atoms with Gasteiger partial charge in [-0.25, -0.2) is 0 Å². The molecule has 1 aliphatic rings. The average molecular weight is 288 g/mol. The zero-order valence-electron chi connectivity index (χ0n) is 9.83. The van der Waals surface area contributed by atoms with E-state index in [4.69, 9.17) is 28.9 Å². The molecule has 6 heteroatoms. The number of carbonyl (C=O) groups is 1. The Bertz CT molecular complexity index is 453. The SMILES string of the molecule is NC(=O)C1CNCCN1Cc1cccc(Cl)c1Cl. The number of rotatable bonds is 3. The molecular weight excluding hydrogens is 273 g/mol. The largest absolute Gasteiger partial charge is 0.368 e. The molecule has 1 fully saturated rings. The number of nitrogens with one attached hydrogen (secondary N) is 1. The number of nitrogens with zero attached hydrogens (tertiary/aromatic N) is 1. The van der Waals surface area contributed by atoms with Gasteiger partial charge in [-0.15, -0.1) is 0 Å². The van der Waals surface area contributed by atoms with E-state index >= 15 is 0 Å². The minimum Gasteiger partial charge on any atom is -0.368 e. The summed E-state index contributed by atoms with van der Waals surface area (Å²) >= 11 is 12.1. The maximum absolute atomic E-state index is 11.4. The molecule has 0 saturated carbocycles. The minimum absolute atomic E-state index is 0.297. The molecular formula is C12H15Cl2N3O. The summed E-state index contributed by atoms with van der Waals surface area (Å²) in [4.78, 5) is 13.4. The predicted octanol–water partition coefficient (Wildman–Crippen LogP) is 1.25. The quantitative estimate of drug-likeness (QED) is 0.880. The Kier molecular flexibility index (Phi) is 4.45. The topological polar surface area (TPSA) is 58.4 Å². The minimum atomic E-state index is -0.319. The number of carbonyl (C=O) groups excluding carboxylic acids is 1.